The van der Waals surface area contributed by atoms with Crippen molar-refractivity contribution in [2.45, 2.75) is 65.0 Å². The van der Waals surface area contributed by atoms with Crippen LogP contribution in [0.15, 0.2) is 0 Å². The zero-order valence-corrected chi connectivity index (χ0v) is 12.1. The molecule has 1 amide bonds. The van der Waals surface area contributed by atoms with E-state index in [1.807, 2.05) is 0 Å². The third-order valence-electron chi connectivity index (χ3n) is 5.26. The summed E-state index contributed by atoms with van der Waals surface area (Å²) >= 11 is 0. The van der Waals surface area contributed by atoms with Gasteiger partial charge in [-0.3, -0.25) is 4.79 Å². The van der Waals surface area contributed by atoms with Crippen LogP contribution in [-0.2, 0) is 4.79 Å². The van der Waals surface area contributed by atoms with Crippen molar-refractivity contribution in [2.75, 3.05) is 6.54 Å². The van der Waals surface area contributed by atoms with Crippen LogP contribution >= 0.6 is 0 Å². The van der Waals surface area contributed by atoms with E-state index in [4.69, 9.17) is 5.73 Å². The van der Waals surface area contributed by atoms with Gasteiger partial charge in [0.2, 0.25) is 5.91 Å². The van der Waals surface area contributed by atoms with Gasteiger partial charge in [-0.15, -0.1) is 0 Å². The summed E-state index contributed by atoms with van der Waals surface area (Å²) < 4.78 is 0. The third kappa shape index (κ3) is 2.71. The Labute approximate surface area is 111 Å². The Balaban J connectivity index is 1.98. The Morgan fingerprint density at radius 1 is 1.11 bits per heavy atom. The SMILES string of the molecule is CC1CCC(C(=O)N2CCCC(C)C2C)CC1N. The van der Waals surface area contributed by atoms with Gasteiger partial charge in [0.25, 0.3) is 0 Å². The maximum absolute atomic E-state index is 12.6. The van der Waals surface area contributed by atoms with Crippen molar-refractivity contribution in [3.05, 3.63) is 0 Å². The molecule has 0 bridgehead atoms. The molecule has 5 unspecified atom stereocenters. The van der Waals surface area contributed by atoms with Crippen LogP contribution in [0.1, 0.15) is 52.9 Å². The Kier molecular flexibility index (Phi) is 4.31. The van der Waals surface area contributed by atoms with Gasteiger partial charge in [-0.25, -0.2) is 0 Å². The van der Waals surface area contributed by atoms with Crippen LogP contribution in [-0.4, -0.2) is 29.4 Å². The van der Waals surface area contributed by atoms with Crippen molar-refractivity contribution in [3.8, 4) is 0 Å². The zero-order valence-electron chi connectivity index (χ0n) is 12.1. The lowest BCUT2D eigenvalue weighted by Gasteiger charge is -2.41. The Bertz CT molecular complexity index is 305. The van der Waals surface area contributed by atoms with Crippen molar-refractivity contribution in [1.29, 1.82) is 0 Å². The van der Waals surface area contributed by atoms with Crippen molar-refractivity contribution in [1.82, 2.24) is 4.90 Å². The lowest BCUT2D eigenvalue weighted by Crippen LogP contribution is -2.50. The largest absolute Gasteiger partial charge is 0.339 e. The summed E-state index contributed by atoms with van der Waals surface area (Å²) in [6.45, 7) is 7.62. The number of hydrogen-bond acceptors (Lipinski definition) is 2. The first-order chi connectivity index (χ1) is 8.50. The zero-order chi connectivity index (χ0) is 13.3. The van der Waals surface area contributed by atoms with Crippen molar-refractivity contribution in [2.24, 2.45) is 23.5 Å². The number of nitrogens with two attached hydrogens (primary N) is 1. The molecule has 2 N–H and O–H groups in total. The lowest BCUT2D eigenvalue weighted by atomic mass is 9.78. The molecule has 104 valence electrons. The van der Waals surface area contributed by atoms with Crippen LogP contribution in [0, 0.1) is 17.8 Å². The van der Waals surface area contributed by atoms with Crippen LogP contribution in [0.2, 0.25) is 0 Å². The summed E-state index contributed by atoms with van der Waals surface area (Å²) in [5.74, 6) is 1.77. The van der Waals surface area contributed by atoms with Gasteiger partial charge >= 0.3 is 0 Å². The first kappa shape index (κ1) is 13.9. The van der Waals surface area contributed by atoms with Gasteiger partial charge in [-0.2, -0.15) is 0 Å². The molecule has 2 rings (SSSR count). The highest BCUT2D eigenvalue weighted by atomic mass is 16.2. The van der Waals surface area contributed by atoms with Crippen LogP contribution in [0.5, 0.6) is 0 Å². The second kappa shape index (κ2) is 5.60. The van der Waals surface area contributed by atoms with E-state index in [0.29, 0.717) is 23.8 Å². The summed E-state index contributed by atoms with van der Waals surface area (Å²) in [7, 11) is 0. The molecule has 1 aliphatic carbocycles. The molecule has 2 aliphatic rings. The molecule has 0 aromatic rings. The molecular formula is C15H28N2O. The van der Waals surface area contributed by atoms with E-state index in [1.54, 1.807) is 0 Å². The summed E-state index contributed by atoms with van der Waals surface area (Å²) in [6.07, 6.45) is 5.44. The Morgan fingerprint density at radius 2 is 1.83 bits per heavy atom. The van der Waals surface area contributed by atoms with Gasteiger partial charge < -0.3 is 10.6 Å². The van der Waals surface area contributed by atoms with Crippen LogP contribution in [0.3, 0.4) is 0 Å². The molecule has 0 spiro atoms. The molecule has 0 aromatic heterocycles. The molecule has 1 saturated carbocycles. The van der Waals surface area contributed by atoms with E-state index in [0.717, 1.165) is 32.2 Å². The maximum atomic E-state index is 12.6. The van der Waals surface area contributed by atoms with Gasteiger partial charge in [-0.1, -0.05) is 13.8 Å². The number of likely N-dealkylation sites (tertiary alicyclic amines) is 1. The summed E-state index contributed by atoms with van der Waals surface area (Å²) in [5, 5.41) is 0. The summed E-state index contributed by atoms with van der Waals surface area (Å²) in [5.41, 5.74) is 6.13. The first-order valence-electron chi connectivity index (χ1n) is 7.56. The minimum atomic E-state index is 0.184. The highest BCUT2D eigenvalue weighted by Gasteiger charge is 2.35. The molecule has 1 aliphatic heterocycles. The monoisotopic (exact) mass is 252 g/mol. The van der Waals surface area contributed by atoms with E-state index >= 15 is 0 Å². The van der Waals surface area contributed by atoms with Gasteiger partial charge in [-0.05, 0) is 50.9 Å². The Morgan fingerprint density at radius 3 is 2.50 bits per heavy atom. The fraction of sp³-hybridized carbons (Fsp3) is 0.933. The standard InChI is InChI=1S/C15H28N2O/c1-10-5-4-8-17(12(10)3)15(18)13-7-6-11(2)14(16)9-13/h10-14H,4-9,16H2,1-3H3. The van der Waals surface area contributed by atoms with E-state index in [1.165, 1.54) is 6.42 Å². The maximum Gasteiger partial charge on any atom is 0.225 e. The number of carbonyl (C=O) groups excluding carboxylic acids is 1. The number of nitrogens with zero attached hydrogens (tertiary/aromatic N) is 1. The quantitative estimate of drug-likeness (QED) is 0.779. The van der Waals surface area contributed by atoms with Crippen molar-refractivity contribution >= 4 is 5.91 Å². The van der Waals surface area contributed by atoms with Crippen LogP contribution < -0.4 is 5.73 Å². The average Bonchev–Trinajstić information content (AvgIpc) is 2.35. The molecule has 1 saturated heterocycles. The predicted molar refractivity (Wildman–Crippen MR) is 74.1 cm³/mol. The fourth-order valence-electron chi connectivity index (χ4n) is 3.46. The first-order valence-corrected chi connectivity index (χ1v) is 7.56. The molecule has 2 fully saturated rings. The van der Waals surface area contributed by atoms with Gasteiger partial charge in [0.1, 0.15) is 0 Å². The molecule has 3 nitrogen and oxygen atoms in total. The average molecular weight is 252 g/mol. The van der Waals surface area contributed by atoms with Crippen LogP contribution in [0.25, 0.3) is 0 Å². The molecule has 3 heteroatoms. The highest BCUT2D eigenvalue weighted by Crippen LogP contribution is 2.32. The third-order valence-corrected chi connectivity index (χ3v) is 5.26. The topological polar surface area (TPSA) is 46.3 Å². The lowest BCUT2D eigenvalue weighted by molar-refractivity contribution is -0.141. The van der Waals surface area contributed by atoms with Crippen molar-refractivity contribution < 1.29 is 4.79 Å². The van der Waals surface area contributed by atoms with Gasteiger partial charge in [0, 0.05) is 24.5 Å². The molecular weight excluding hydrogens is 224 g/mol. The molecule has 0 aromatic carbocycles. The van der Waals surface area contributed by atoms with Gasteiger partial charge in [0.05, 0.1) is 0 Å². The number of hydrogen-bond donors (Lipinski definition) is 1. The van der Waals surface area contributed by atoms with E-state index in [-0.39, 0.29) is 12.0 Å². The molecule has 5 atom stereocenters. The van der Waals surface area contributed by atoms with Gasteiger partial charge in [0.15, 0.2) is 0 Å². The number of amides is 1. The van der Waals surface area contributed by atoms with E-state index in [2.05, 4.69) is 25.7 Å². The molecule has 1 heterocycles. The second-order valence-electron chi connectivity index (χ2n) is 6.54. The van der Waals surface area contributed by atoms with Crippen LogP contribution in [0.4, 0.5) is 0 Å². The smallest absolute Gasteiger partial charge is 0.225 e. The predicted octanol–water partition coefficient (Wildman–Crippen LogP) is 2.40. The highest BCUT2D eigenvalue weighted by molar-refractivity contribution is 5.79. The number of piperidine rings is 1. The van der Waals surface area contributed by atoms with E-state index in [9.17, 15) is 4.79 Å². The summed E-state index contributed by atoms with van der Waals surface area (Å²) in [4.78, 5) is 14.8. The number of rotatable bonds is 1. The Hall–Kier alpha value is -0.570. The fourth-order valence-corrected chi connectivity index (χ4v) is 3.46. The van der Waals surface area contributed by atoms with Crippen molar-refractivity contribution in [3.63, 3.8) is 0 Å². The molecule has 18 heavy (non-hydrogen) atoms. The summed E-state index contributed by atoms with van der Waals surface area (Å²) in [6, 6.07) is 0.618. The normalized spacial score (nSPS) is 41.8. The molecule has 0 radical (unpaired) electrons. The minimum absolute atomic E-state index is 0.184. The minimum Gasteiger partial charge on any atom is -0.339 e. The van der Waals surface area contributed by atoms with E-state index < -0.39 is 0 Å². The second-order valence-corrected chi connectivity index (χ2v) is 6.54. The number of carbonyl (C=O) groups is 1.